The van der Waals surface area contributed by atoms with Gasteiger partial charge in [0.15, 0.2) is 11.5 Å². The molecular weight excluding hydrogens is 375 g/mol. The minimum absolute atomic E-state index is 0.0772. The predicted molar refractivity (Wildman–Crippen MR) is 104 cm³/mol. The summed E-state index contributed by atoms with van der Waals surface area (Å²) < 4.78 is 10.5. The summed E-state index contributed by atoms with van der Waals surface area (Å²) in [4.78, 5) is 16.9. The van der Waals surface area contributed by atoms with Crippen LogP contribution in [0, 0.1) is 0 Å². The van der Waals surface area contributed by atoms with Gasteiger partial charge in [0.25, 0.3) is 5.91 Å². The van der Waals surface area contributed by atoms with Crippen LogP contribution in [0.3, 0.4) is 0 Å². The summed E-state index contributed by atoms with van der Waals surface area (Å²) in [6.07, 6.45) is 0. The molecule has 1 heterocycles. The molecule has 0 aliphatic carbocycles. The Morgan fingerprint density at radius 2 is 1.65 bits per heavy atom. The molecule has 5 nitrogen and oxygen atoms in total. The molecule has 26 heavy (non-hydrogen) atoms. The van der Waals surface area contributed by atoms with E-state index in [0.717, 1.165) is 23.8 Å². The largest absolute Gasteiger partial charge is 0.493 e. The highest BCUT2D eigenvalue weighted by atomic mass is 35.5. The Balaban J connectivity index is 1.73. The van der Waals surface area contributed by atoms with Crippen molar-refractivity contribution in [2.45, 2.75) is 0 Å². The molecule has 0 atom stereocenters. The van der Waals surface area contributed by atoms with Gasteiger partial charge in [0.2, 0.25) is 0 Å². The molecule has 0 aromatic heterocycles. The topological polar surface area (TPSA) is 42.0 Å². The third kappa shape index (κ3) is 3.69. The minimum Gasteiger partial charge on any atom is -0.493 e. The second-order valence-corrected chi connectivity index (χ2v) is 6.74. The molecule has 0 radical (unpaired) electrons. The Labute approximate surface area is 163 Å². The van der Waals surface area contributed by atoms with E-state index in [0.29, 0.717) is 35.2 Å². The molecule has 2 aromatic rings. The molecule has 0 spiro atoms. The molecule has 1 aliphatic rings. The third-order valence-corrected chi connectivity index (χ3v) is 5.04. The normalized spacial score (nSPS) is 14.3. The van der Waals surface area contributed by atoms with Gasteiger partial charge in [-0.25, -0.2) is 0 Å². The first-order valence-corrected chi connectivity index (χ1v) is 9.01. The average Bonchev–Trinajstić information content (AvgIpc) is 2.67. The monoisotopic (exact) mass is 394 g/mol. The Bertz CT molecular complexity index is 805. The van der Waals surface area contributed by atoms with Crippen LogP contribution in [-0.2, 0) is 0 Å². The van der Waals surface area contributed by atoms with Gasteiger partial charge in [0.05, 0.1) is 30.0 Å². The van der Waals surface area contributed by atoms with E-state index in [4.69, 9.17) is 32.7 Å². The second-order valence-electron chi connectivity index (χ2n) is 5.92. The van der Waals surface area contributed by atoms with Crippen molar-refractivity contribution >= 4 is 34.8 Å². The molecule has 1 saturated heterocycles. The molecule has 0 saturated carbocycles. The fourth-order valence-corrected chi connectivity index (χ4v) is 3.63. The van der Waals surface area contributed by atoms with Crippen LogP contribution >= 0.6 is 23.2 Å². The van der Waals surface area contributed by atoms with E-state index in [1.54, 1.807) is 12.1 Å². The first-order chi connectivity index (χ1) is 12.5. The van der Waals surface area contributed by atoms with Crippen LogP contribution in [0.15, 0.2) is 36.4 Å². The molecule has 1 fully saturated rings. The fourth-order valence-electron chi connectivity index (χ4n) is 3.08. The summed E-state index contributed by atoms with van der Waals surface area (Å²) in [6, 6.07) is 11.0. The van der Waals surface area contributed by atoms with Gasteiger partial charge in [-0.05, 0) is 24.3 Å². The highest BCUT2D eigenvalue weighted by Crippen LogP contribution is 2.36. The van der Waals surface area contributed by atoms with Crippen LogP contribution in [0.5, 0.6) is 11.5 Å². The van der Waals surface area contributed by atoms with Crippen molar-refractivity contribution in [1.82, 2.24) is 4.90 Å². The Morgan fingerprint density at radius 3 is 2.27 bits per heavy atom. The number of anilines is 1. The standard InChI is InChI=1S/C19H20Cl2N2O3/c1-25-17-12-13(11-15(21)18(17)26-2)19(24)23-9-7-22(8-10-23)16-6-4-3-5-14(16)20/h3-6,11-12H,7-10H2,1-2H3. The number of carbonyl (C=O) groups is 1. The summed E-state index contributed by atoms with van der Waals surface area (Å²) in [5.41, 5.74) is 1.48. The van der Waals surface area contributed by atoms with E-state index >= 15 is 0 Å². The minimum atomic E-state index is -0.0772. The zero-order valence-electron chi connectivity index (χ0n) is 14.7. The number of hydrogen-bond donors (Lipinski definition) is 0. The van der Waals surface area contributed by atoms with E-state index in [-0.39, 0.29) is 5.91 Å². The smallest absolute Gasteiger partial charge is 0.254 e. The molecule has 1 amide bonds. The van der Waals surface area contributed by atoms with Crippen LogP contribution in [0.1, 0.15) is 10.4 Å². The number of para-hydroxylation sites is 1. The maximum Gasteiger partial charge on any atom is 0.254 e. The first-order valence-electron chi connectivity index (χ1n) is 8.25. The Morgan fingerprint density at radius 1 is 0.962 bits per heavy atom. The molecule has 3 rings (SSSR count). The second kappa shape index (κ2) is 8.06. The maximum atomic E-state index is 12.9. The van der Waals surface area contributed by atoms with Crippen molar-refractivity contribution in [1.29, 1.82) is 0 Å². The lowest BCUT2D eigenvalue weighted by molar-refractivity contribution is 0.0746. The van der Waals surface area contributed by atoms with Gasteiger partial charge in [-0.1, -0.05) is 35.3 Å². The average molecular weight is 395 g/mol. The zero-order chi connectivity index (χ0) is 18.7. The van der Waals surface area contributed by atoms with E-state index in [1.165, 1.54) is 14.2 Å². The fraction of sp³-hybridized carbons (Fsp3) is 0.316. The van der Waals surface area contributed by atoms with E-state index in [2.05, 4.69) is 4.90 Å². The van der Waals surface area contributed by atoms with Crippen LogP contribution < -0.4 is 14.4 Å². The van der Waals surface area contributed by atoms with Gasteiger partial charge in [0, 0.05) is 31.7 Å². The number of ether oxygens (including phenoxy) is 2. The molecule has 1 aliphatic heterocycles. The lowest BCUT2D eigenvalue weighted by Crippen LogP contribution is -2.48. The quantitative estimate of drug-likeness (QED) is 0.786. The van der Waals surface area contributed by atoms with Crippen molar-refractivity contribution in [3.8, 4) is 11.5 Å². The molecule has 7 heteroatoms. The maximum absolute atomic E-state index is 12.9. The van der Waals surface area contributed by atoms with Crippen molar-refractivity contribution in [3.63, 3.8) is 0 Å². The highest BCUT2D eigenvalue weighted by molar-refractivity contribution is 6.33. The van der Waals surface area contributed by atoms with Crippen molar-refractivity contribution in [2.75, 3.05) is 45.3 Å². The number of methoxy groups -OCH3 is 2. The van der Waals surface area contributed by atoms with Crippen molar-refractivity contribution in [2.24, 2.45) is 0 Å². The van der Waals surface area contributed by atoms with E-state index in [9.17, 15) is 4.79 Å². The number of nitrogens with zero attached hydrogens (tertiary/aromatic N) is 2. The van der Waals surface area contributed by atoms with Crippen LogP contribution in [0.4, 0.5) is 5.69 Å². The summed E-state index contributed by atoms with van der Waals surface area (Å²) >= 11 is 12.5. The van der Waals surface area contributed by atoms with Crippen LogP contribution in [0.2, 0.25) is 10.0 Å². The van der Waals surface area contributed by atoms with Gasteiger partial charge in [0.1, 0.15) is 0 Å². The third-order valence-electron chi connectivity index (χ3n) is 4.44. The van der Waals surface area contributed by atoms with Gasteiger partial charge >= 0.3 is 0 Å². The predicted octanol–water partition coefficient (Wildman–Crippen LogP) is 3.97. The molecule has 0 unspecified atom stereocenters. The highest BCUT2D eigenvalue weighted by Gasteiger charge is 2.25. The molecule has 0 bridgehead atoms. The molecule has 2 aromatic carbocycles. The Kier molecular flexibility index (Phi) is 5.79. The SMILES string of the molecule is COc1cc(C(=O)N2CCN(c3ccccc3Cl)CC2)cc(Cl)c1OC. The van der Waals surface area contributed by atoms with E-state index < -0.39 is 0 Å². The van der Waals surface area contributed by atoms with Gasteiger partial charge < -0.3 is 19.3 Å². The number of halogens is 2. The number of hydrogen-bond acceptors (Lipinski definition) is 4. The number of piperazine rings is 1. The Hall–Kier alpha value is -2.11. The first kappa shape index (κ1) is 18.7. The van der Waals surface area contributed by atoms with E-state index in [1.807, 2.05) is 29.2 Å². The molecule has 138 valence electrons. The molecule has 0 N–H and O–H groups in total. The lowest BCUT2D eigenvalue weighted by atomic mass is 10.1. The summed E-state index contributed by atoms with van der Waals surface area (Å²) in [5, 5.41) is 1.07. The van der Waals surface area contributed by atoms with Crippen LogP contribution in [0.25, 0.3) is 0 Å². The number of benzene rings is 2. The summed E-state index contributed by atoms with van der Waals surface area (Å²) in [6.45, 7) is 2.65. The number of rotatable bonds is 4. The number of carbonyl (C=O) groups excluding carboxylic acids is 1. The van der Waals surface area contributed by atoms with Gasteiger partial charge in [-0.2, -0.15) is 0 Å². The lowest BCUT2D eigenvalue weighted by Gasteiger charge is -2.36. The van der Waals surface area contributed by atoms with Gasteiger partial charge in [-0.15, -0.1) is 0 Å². The summed E-state index contributed by atoms with van der Waals surface area (Å²) in [7, 11) is 3.03. The zero-order valence-corrected chi connectivity index (χ0v) is 16.2. The molecular formula is C19H20Cl2N2O3. The number of amides is 1. The van der Waals surface area contributed by atoms with Crippen molar-refractivity contribution in [3.05, 3.63) is 52.0 Å². The van der Waals surface area contributed by atoms with Gasteiger partial charge in [-0.3, -0.25) is 4.79 Å². The van der Waals surface area contributed by atoms with Crippen LogP contribution in [-0.4, -0.2) is 51.2 Å². The van der Waals surface area contributed by atoms with Crippen molar-refractivity contribution < 1.29 is 14.3 Å². The summed E-state index contributed by atoms with van der Waals surface area (Å²) in [5.74, 6) is 0.791.